The van der Waals surface area contributed by atoms with Crippen molar-refractivity contribution in [3.05, 3.63) is 24.3 Å². The third-order valence-electron chi connectivity index (χ3n) is 2.06. The predicted octanol–water partition coefficient (Wildman–Crippen LogP) is 1.82. The van der Waals surface area contributed by atoms with E-state index >= 15 is 0 Å². The van der Waals surface area contributed by atoms with Crippen molar-refractivity contribution in [3.8, 4) is 0 Å². The highest BCUT2D eigenvalue weighted by molar-refractivity contribution is 5.91. The number of allylic oxidation sites excluding steroid dienone is 3. The van der Waals surface area contributed by atoms with E-state index in [4.69, 9.17) is 0 Å². The topological polar surface area (TPSA) is 55.4 Å². The van der Waals surface area contributed by atoms with Crippen LogP contribution in [0.2, 0.25) is 0 Å². The van der Waals surface area contributed by atoms with E-state index in [1.807, 2.05) is 26.8 Å². The van der Waals surface area contributed by atoms with Gasteiger partial charge in [0.15, 0.2) is 0 Å². The molecule has 0 aromatic rings. The van der Waals surface area contributed by atoms with Gasteiger partial charge in [-0.3, -0.25) is 4.79 Å². The Morgan fingerprint density at radius 2 is 1.94 bits per heavy atom. The molecule has 1 unspecified atom stereocenters. The summed E-state index contributed by atoms with van der Waals surface area (Å²) in [5, 5.41) is 2.62. The predicted molar refractivity (Wildman–Crippen MR) is 67.4 cm³/mol. The molecule has 4 nitrogen and oxygen atoms in total. The number of methoxy groups -OCH3 is 1. The molecule has 17 heavy (non-hydrogen) atoms. The van der Waals surface area contributed by atoms with Crippen LogP contribution in [0, 0.1) is 5.92 Å². The Balaban J connectivity index is 4.42. The van der Waals surface area contributed by atoms with Crippen LogP contribution in [-0.4, -0.2) is 25.0 Å². The number of carbonyl (C=O) groups is 2. The molecule has 0 aliphatic carbocycles. The van der Waals surface area contributed by atoms with Gasteiger partial charge in [0.1, 0.15) is 6.04 Å². The van der Waals surface area contributed by atoms with Crippen LogP contribution in [0.1, 0.15) is 27.2 Å². The summed E-state index contributed by atoms with van der Waals surface area (Å²) < 4.78 is 4.65. The van der Waals surface area contributed by atoms with Gasteiger partial charge >= 0.3 is 5.97 Å². The first-order valence-electron chi connectivity index (χ1n) is 5.69. The summed E-state index contributed by atoms with van der Waals surface area (Å²) in [5.41, 5.74) is 0. The monoisotopic (exact) mass is 239 g/mol. The molecular formula is C13H21NO3. The molecule has 0 aromatic heterocycles. The Bertz CT molecular complexity index is 306. The molecule has 0 bridgehead atoms. The van der Waals surface area contributed by atoms with Gasteiger partial charge in [0.2, 0.25) is 5.91 Å². The zero-order chi connectivity index (χ0) is 13.3. The average molecular weight is 239 g/mol. The lowest BCUT2D eigenvalue weighted by Crippen LogP contribution is -2.41. The fourth-order valence-corrected chi connectivity index (χ4v) is 1.30. The molecule has 0 radical (unpaired) electrons. The number of rotatable bonds is 6. The fraction of sp³-hybridized carbons (Fsp3) is 0.538. The van der Waals surface area contributed by atoms with Gasteiger partial charge in [-0.2, -0.15) is 0 Å². The number of amides is 1. The second-order valence-corrected chi connectivity index (χ2v) is 4.10. The van der Waals surface area contributed by atoms with Crippen LogP contribution >= 0.6 is 0 Å². The zero-order valence-corrected chi connectivity index (χ0v) is 10.9. The lowest BCUT2D eigenvalue weighted by molar-refractivity contribution is -0.145. The van der Waals surface area contributed by atoms with Crippen LogP contribution < -0.4 is 5.32 Å². The Kier molecular flexibility index (Phi) is 7.76. The highest BCUT2D eigenvalue weighted by atomic mass is 16.5. The fourth-order valence-electron chi connectivity index (χ4n) is 1.30. The number of ether oxygens (including phenoxy) is 1. The number of carbonyl (C=O) groups excluding carboxylic acids is 2. The standard InChI is InChI=1S/C13H21NO3/c1-5-6-7-8-12(15)14-11(9-10(2)3)13(16)17-4/h5-8,10-11H,9H2,1-4H3,(H,14,15). The van der Waals surface area contributed by atoms with Crippen LogP contribution in [-0.2, 0) is 14.3 Å². The van der Waals surface area contributed by atoms with Gasteiger partial charge < -0.3 is 10.1 Å². The highest BCUT2D eigenvalue weighted by Crippen LogP contribution is 2.06. The quantitative estimate of drug-likeness (QED) is 0.437. The Hall–Kier alpha value is -1.58. The molecule has 0 saturated carbocycles. The summed E-state index contributed by atoms with van der Waals surface area (Å²) in [6.07, 6.45) is 7.13. The SMILES string of the molecule is CC=CC=CC(=O)NC(CC(C)C)C(=O)OC. The zero-order valence-electron chi connectivity index (χ0n) is 10.9. The molecule has 4 heteroatoms. The van der Waals surface area contributed by atoms with E-state index in [0.717, 1.165) is 0 Å². The van der Waals surface area contributed by atoms with Crippen molar-refractivity contribution in [2.75, 3.05) is 7.11 Å². The van der Waals surface area contributed by atoms with Gasteiger partial charge in [-0.05, 0) is 19.3 Å². The minimum absolute atomic E-state index is 0.292. The molecule has 0 aromatic carbocycles. The second kappa shape index (κ2) is 8.56. The van der Waals surface area contributed by atoms with Crippen molar-refractivity contribution in [1.82, 2.24) is 5.32 Å². The van der Waals surface area contributed by atoms with Crippen molar-refractivity contribution in [1.29, 1.82) is 0 Å². The largest absolute Gasteiger partial charge is 0.467 e. The molecule has 0 aliphatic heterocycles. The molecule has 0 aliphatic rings. The van der Waals surface area contributed by atoms with Gasteiger partial charge in [-0.15, -0.1) is 0 Å². The molecule has 1 amide bonds. The van der Waals surface area contributed by atoms with E-state index in [0.29, 0.717) is 12.3 Å². The first-order chi connectivity index (χ1) is 8.01. The Labute approximate surface area is 103 Å². The smallest absolute Gasteiger partial charge is 0.328 e. The number of hydrogen-bond donors (Lipinski definition) is 1. The minimum atomic E-state index is -0.581. The maximum Gasteiger partial charge on any atom is 0.328 e. The Morgan fingerprint density at radius 3 is 2.41 bits per heavy atom. The van der Waals surface area contributed by atoms with Crippen molar-refractivity contribution in [2.45, 2.75) is 33.2 Å². The number of hydrogen-bond acceptors (Lipinski definition) is 3. The first kappa shape index (κ1) is 15.4. The first-order valence-corrected chi connectivity index (χ1v) is 5.69. The van der Waals surface area contributed by atoms with Crippen LogP contribution in [0.5, 0.6) is 0 Å². The van der Waals surface area contributed by atoms with Gasteiger partial charge in [-0.25, -0.2) is 4.79 Å². The molecule has 0 saturated heterocycles. The lowest BCUT2D eigenvalue weighted by atomic mass is 10.0. The molecule has 0 rings (SSSR count). The van der Waals surface area contributed by atoms with Crippen LogP contribution in [0.3, 0.4) is 0 Å². The summed E-state index contributed by atoms with van der Waals surface area (Å²) in [5.74, 6) is -0.399. The maximum absolute atomic E-state index is 11.5. The normalized spacial score (nSPS) is 13.2. The summed E-state index contributed by atoms with van der Waals surface area (Å²) in [4.78, 5) is 22.9. The summed E-state index contributed by atoms with van der Waals surface area (Å²) in [6.45, 7) is 5.83. The van der Waals surface area contributed by atoms with E-state index in [2.05, 4.69) is 10.1 Å². The van der Waals surface area contributed by atoms with Crippen molar-refractivity contribution in [3.63, 3.8) is 0 Å². The third-order valence-corrected chi connectivity index (χ3v) is 2.06. The van der Waals surface area contributed by atoms with Crippen molar-refractivity contribution < 1.29 is 14.3 Å². The molecule has 0 fully saturated rings. The van der Waals surface area contributed by atoms with E-state index in [-0.39, 0.29) is 5.91 Å². The van der Waals surface area contributed by atoms with E-state index < -0.39 is 12.0 Å². The van der Waals surface area contributed by atoms with E-state index in [1.54, 1.807) is 12.2 Å². The second-order valence-electron chi connectivity index (χ2n) is 4.10. The summed E-state index contributed by atoms with van der Waals surface area (Å²) in [6, 6.07) is -0.581. The van der Waals surface area contributed by atoms with Crippen molar-refractivity contribution >= 4 is 11.9 Å². The van der Waals surface area contributed by atoms with Gasteiger partial charge in [0.05, 0.1) is 7.11 Å². The molecule has 96 valence electrons. The van der Waals surface area contributed by atoms with Gasteiger partial charge in [0.25, 0.3) is 0 Å². The molecule has 0 heterocycles. The Morgan fingerprint density at radius 1 is 1.29 bits per heavy atom. The highest BCUT2D eigenvalue weighted by Gasteiger charge is 2.21. The van der Waals surface area contributed by atoms with E-state index in [1.165, 1.54) is 13.2 Å². The summed E-state index contributed by atoms with van der Waals surface area (Å²) in [7, 11) is 1.32. The minimum Gasteiger partial charge on any atom is -0.467 e. The van der Waals surface area contributed by atoms with Crippen LogP contribution in [0.4, 0.5) is 0 Å². The maximum atomic E-state index is 11.5. The lowest BCUT2D eigenvalue weighted by Gasteiger charge is -2.17. The molecular weight excluding hydrogens is 218 g/mol. The van der Waals surface area contributed by atoms with Gasteiger partial charge in [0, 0.05) is 6.08 Å². The van der Waals surface area contributed by atoms with Crippen LogP contribution in [0.25, 0.3) is 0 Å². The van der Waals surface area contributed by atoms with Crippen LogP contribution in [0.15, 0.2) is 24.3 Å². The molecule has 0 spiro atoms. The molecule has 1 N–H and O–H groups in total. The number of nitrogens with one attached hydrogen (secondary N) is 1. The van der Waals surface area contributed by atoms with Gasteiger partial charge in [-0.1, -0.05) is 32.1 Å². The van der Waals surface area contributed by atoms with Crippen molar-refractivity contribution in [2.24, 2.45) is 5.92 Å². The molecule has 1 atom stereocenters. The summed E-state index contributed by atoms with van der Waals surface area (Å²) >= 11 is 0. The number of esters is 1. The third kappa shape index (κ3) is 7.33. The average Bonchev–Trinajstić information content (AvgIpc) is 2.27. The van der Waals surface area contributed by atoms with E-state index in [9.17, 15) is 9.59 Å².